The summed E-state index contributed by atoms with van der Waals surface area (Å²) in [5.41, 5.74) is 1.79. The number of rotatable bonds is 1. The molecular weight excluding hydrogens is 164 g/mol. The third kappa shape index (κ3) is 1.09. The summed E-state index contributed by atoms with van der Waals surface area (Å²) >= 11 is 0. The Morgan fingerprint density at radius 2 is 2.31 bits per heavy atom. The lowest BCUT2D eigenvalue weighted by Gasteiger charge is -1.90. The largest absolute Gasteiger partial charge is 0.351 e. The van der Waals surface area contributed by atoms with Crippen LogP contribution >= 0.6 is 0 Å². The fraction of sp³-hybridized carbons (Fsp3) is 0. The monoisotopic (exact) mass is 170 g/mol. The molecule has 1 aromatic heterocycles. The zero-order chi connectivity index (χ0) is 9.26. The smallest absolute Gasteiger partial charge is 0.166 e. The molecule has 0 saturated carbocycles. The van der Waals surface area contributed by atoms with Crippen molar-refractivity contribution < 1.29 is 4.79 Å². The summed E-state index contributed by atoms with van der Waals surface area (Å²) in [6.07, 6.45) is 0.737. The lowest BCUT2D eigenvalue weighted by atomic mass is 10.2. The minimum absolute atomic E-state index is 0.498. The molecule has 62 valence electrons. The highest BCUT2D eigenvalue weighted by Crippen LogP contribution is 2.17. The fourth-order valence-electron chi connectivity index (χ4n) is 1.33. The fourth-order valence-corrected chi connectivity index (χ4v) is 1.33. The summed E-state index contributed by atoms with van der Waals surface area (Å²) in [5, 5.41) is 9.65. The number of para-hydroxylation sites is 1. The maximum atomic E-state index is 10.5. The molecule has 0 radical (unpaired) electrons. The number of benzene rings is 1. The Morgan fingerprint density at radius 3 is 3.00 bits per heavy atom. The Kier molecular flexibility index (Phi) is 1.60. The molecule has 2 rings (SSSR count). The first-order chi connectivity index (χ1) is 6.35. The van der Waals surface area contributed by atoms with E-state index in [4.69, 9.17) is 5.26 Å². The van der Waals surface area contributed by atoms with Gasteiger partial charge in [-0.1, -0.05) is 12.1 Å². The molecule has 0 atom stereocenters. The average molecular weight is 170 g/mol. The predicted molar refractivity (Wildman–Crippen MR) is 48.4 cm³/mol. The van der Waals surface area contributed by atoms with Gasteiger partial charge in [0, 0.05) is 5.39 Å². The topological polar surface area (TPSA) is 56.6 Å². The number of hydrogen-bond acceptors (Lipinski definition) is 2. The molecule has 1 heterocycles. The zero-order valence-electron chi connectivity index (χ0n) is 6.74. The molecule has 2 aromatic rings. The summed E-state index contributed by atoms with van der Waals surface area (Å²) < 4.78 is 0. The standard InChI is InChI=1S/C10H6N2O/c11-5-8-3-1-2-7-4-9(6-13)12-10(7)8/h1-4,6,12H. The first-order valence-corrected chi connectivity index (χ1v) is 3.82. The summed E-state index contributed by atoms with van der Waals surface area (Å²) in [7, 11) is 0. The maximum Gasteiger partial charge on any atom is 0.166 e. The zero-order valence-corrected chi connectivity index (χ0v) is 6.74. The molecule has 0 bridgehead atoms. The van der Waals surface area contributed by atoms with E-state index in [9.17, 15) is 4.79 Å². The Labute approximate surface area is 74.6 Å². The Morgan fingerprint density at radius 1 is 1.46 bits per heavy atom. The van der Waals surface area contributed by atoms with Crippen LogP contribution in [0.25, 0.3) is 10.9 Å². The number of nitriles is 1. The second-order valence-corrected chi connectivity index (χ2v) is 2.72. The summed E-state index contributed by atoms with van der Waals surface area (Å²) in [4.78, 5) is 13.3. The first kappa shape index (κ1) is 7.56. The van der Waals surface area contributed by atoms with Gasteiger partial charge in [0.2, 0.25) is 0 Å². The number of carbonyl (C=O) groups excluding carboxylic acids is 1. The molecule has 0 unspecified atom stereocenters. The average Bonchev–Trinajstić information content (AvgIpc) is 2.59. The highest BCUT2D eigenvalue weighted by molar-refractivity contribution is 5.90. The SMILES string of the molecule is N#Cc1cccc2cc(C=O)[nH]c12. The van der Waals surface area contributed by atoms with Crippen molar-refractivity contribution in [3.8, 4) is 6.07 Å². The number of aromatic amines is 1. The lowest BCUT2D eigenvalue weighted by molar-refractivity contribution is 0.112. The minimum atomic E-state index is 0.498. The maximum absolute atomic E-state index is 10.5. The number of fused-ring (bicyclic) bond motifs is 1. The molecule has 3 heteroatoms. The highest BCUT2D eigenvalue weighted by Gasteiger charge is 2.03. The van der Waals surface area contributed by atoms with Gasteiger partial charge < -0.3 is 4.98 Å². The minimum Gasteiger partial charge on any atom is -0.351 e. The number of carbonyl (C=O) groups is 1. The van der Waals surface area contributed by atoms with Gasteiger partial charge in [-0.15, -0.1) is 0 Å². The molecular formula is C10H6N2O. The van der Waals surface area contributed by atoms with Crippen LogP contribution in [0.1, 0.15) is 16.1 Å². The molecule has 0 saturated heterocycles. The van der Waals surface area contributed by atoms with Crippen LogP contribution in [0.4, 0.5) is 0 Å². The van der Waals surface area contributed by atoms with Gasteiger partial charge in [0.15, 0.2) is 6.29 Å². The van der Waals surface area contributed by atoms with E-state index in [2.05, 4.69) is 11.1 Å². The van der Waals surface area contributed by atoms with Crippen molar-refractivity contribution in [3.05, 3.63) is 35.5 Å². The number of nitrogens with zero attached hydrogens (tertiary/aromatic N) is 1. The second kappa shape index (κ2) is 2.76. The van der Waals surface area contributed by atoms with Gasteiger partial charge in [-0.2, -0.15) is 5.26 Å². The van der Waals surface area contributed by atoms with Gasteiger partial charge >= 0.3 is 0 Å². The normalized spacial score (nSPS) is 9.77. The molecule has 3 nitrogen and oxygen atoms in total. The third-order valence-electron chi connectivity index (χ3n) is 1.92. The van der Waals surface area contributed by atoms with Crippen molar-refractivity contribution in [1.82, 2.24) is 4.98 Å². The molecule has 0 aliphatic heterocycles. The van der Waals surface area contributed by atoms with Crippen molar-refractivity contribution in [1.29, 1.82) is 5.26 Å². The Hall–Kier alpha value is -2.08. The van der Waals surface area contributed by atoms with Gasteiger partial charge in [-0.25, -0.2) is 0 Å². The van der Waals surface area contributed by atoms with Gasteiger partial charge in [-0.3, -0.25) is 4.79 Å². The summed E-state index contributed by atoms with van der Waals surface area (Å²) in [6.45, 7) is 0. The van der Waals surface area contributed by atoms with Crippen LogP contribution in [0.15, 0.2) is 24.3 Å². The Balaban J connectivity index is 2.83. The number of H-pyrrole nitrogens is 1. The van der Waals surface area contributed by atoms with Gasteiger partial charge in [-0.05, 0) is 12.1 Å². The highest BCUT2D eigenvalue weighted by atomic mass is 16.1. The van der Waals surface area contributed by atoms with Crippen molar-refractivity contribution in [2.75, 3.05) is 0 Å². The van der Waals surface area contributed by atoms with Crippen LogP contribution in [0.2, 0.25) is 0 Å². The molecule has 0 aliphatic rings. The number of nitrogens with one attached hydrogen (secondary N) is 1. The van der Waals surface area contributed by atoms with E-state index >= 15 is 0 Å². The van der Waals surface area contributed by atoms with Crippen LogP contribution in [-0.2, 0) is 0 Å². The number of hydrogen-bond donors (Lipinski definition) is 1. The molecule has 0 fully saturated rings. The van der Waals surface area contributed by atoms with E-state index in [0.29, 0.717) is 11.3 Å². The van der Waals surface area contributed by atoms with E-state index < -0.39 is 0 Å². The van der Waals surface area contributed by atoms with Crippen molar-refractivity contribution in [2.45, 2.75) is 0 Å². The molecule has 0 spiro atoms. The van der Waals surface area contributed by atoms with E-state index in [1.165, 1.54) is 0 Å². The van der Waals surface area contributed by atoms with Crippen LogP contribution < -0.4 is 0 Å². The van der Waals surface area contributed by atoms with Gasteiger partial charge in [0.05, 0.1) is 16.8 Å². The van der Waals surface area contributed by atoms with E-state index in [1.54, 1.807) is 18.2 Å². The quantitative estimate of drug-likeness (QED) is 0.664. The Bertz CT molecular complexity index is 505. The lowest BCUT2D eigenvalue weighted by Crippen LogP contribution is -1.78. The van der Waals surface area contributed by atoms with Crippen molar-refractivity contribution in [2.24, 2.45) is 0 Å². The van der Waals surface area contributed by atoms with E-state index in [1.807, 2.05) is 6.07 Å². The first-order valence-electron chi connectivity index (χ1n) is 3.82. The third-order valence-corrected chi connectivity index (χ3v) is 1.92. The van der Waals surface area contributed by atoms with Crippen LogP contribution in [-0.4, -0.2) is 11.3 Å². The van der Waals surface area contributed by atoms with Gasteiger partial charge in [0.1, 0.15) is 6.07 Å². The van der Waals surface area contributed by atoms with Gasteiger partial charge in [0.25, 0.3) is 0 Å². The van der Waals surface area contributed by atoms with E-state index in [0.717, 1.165) is 17.2 Å². The molecule has 13 heavy (non-hydrogen) atoms. The molecule has 0 amide bonds. The van der Waals surface area contributed by atoms with Crippen molar-refractivity contribution >= 4 is 17.2 Å². The van der Waals surface area contributed by atoms with Crippen molar-refractivity contribution in [3.63, 3.8) is 0 Å². The molecule has 1 N–H and O–H groups in total. The molecule has 1 aromatic carbocycles. The van der Waals surface area contributed by atoms with Crippen LogP contribution in [0.3, 0.4) is 0 Å². The van der Waals surface area contributed by atoms with Crippen LogP contribution in [0.5, 0.6) is 0 Å². The van der Waals surface area contributed by atoms with Crippen LogP contribution in [0, 0.1) is 11.3 Å². The number of aromatic nitrogens is 1. The van der Waals surface area contributed by atoms with E-state index in [-0.39, 0.29) is 0 Å². The second-order valence-electron chi connectivity index (χ2n) is 2.72. The summed E-state index contributed by atoms with van der Waals surface area (Å²) in [5.74, 6) is 0. The molecule has 0 aliphatic carbocycles. The summed E-state index contributed by atoms with van der Waals surface area (Å²) in [6, 6.07) is 9.16. The predicted octanol–water partition coefficient (Wildman–Crippen LogP) is 1.85. The number of aldehydes is 1.